The molecular formula is C10H15N3O5. The summed E-state index contributed by atoms with van der Waals surface area (Å²) in [6.07, 6.45) is 0. The van der Waals surface area contributed by atoms with Gasteiger partial charge in [0, 0.05) is 11.8 Å². The predicted molar refractivity (Wildman–Crippen MR) is 65.1 cm³/mol. The van der Waals surface area contributed by atoms with Gasteiger partial charge < -0.3 is 26.4 Å². The summed E-state index contributed by atoms with van der Waals surface area (Å²) in [4.78, 5) is 9.96. The van der Waals surface area contributed by atoms with Crippen molar-refractivity contribution in [1.82, 2.24) is 0 Å². The highest BCUT2D eigenvalue weighted by atomic mass is 16.6. The first-order chi connectivity index (χ1) is 8.48. The molecule has 1 rings (SSSR count). The number of nitrogen functional groups attached to an aromatic ring is 1. The van der Waals surface area contributed by atoms with Crippen LogP contribution < -0.4 is 11.1 Å². The van der Waals surface area contributed by atoms with Crippen molar-refractivity contribution in [3.63, 3.8) is 0 Å². The third-order valence-electron chi connectivity index (χ3n) is 2.54. The van der Waals surface area contributed by atoms with Crippen molar-refractivity contribution in [2.45, 2.75) is 5.54 Å². The van der Waals surface area contributed by atoms with Crippen molar-refractivity contribution >= 4 is 17.1 Å². The van der Waals surface area contributed by atoms with Gasteiger partial charge in [-0.05, 0) is 12.1 Å². The van der Waals surface area contributed by atoms with Gasteiger partial charge in [-0.25, -0.2) is 0 Å². The van der Waals surface area contributed by atoms with Crippen molar-refractivity contribution in [1.29, 1.82) is 0 Å². The Kier molecular flexibility index (Phi) is 4.43. The first-order valence-corrected chi connectivity index (χ1v) is 5.12. The van der Waals surface area contributed by atoms with Gasteiger partial charge >= 0.3 is 0 Å². The number of nitro benzene ring substituents is 1. The zero-order valence-electron chi connectivity index (χ0n) is 9.54. The summed E-state index contributed by atoms with van der Waals surface area (Å²) >= 11 is 0. The number of nitrogens with zero attached hydrogens (tertiary/aromatic N) is 1. The summed E-state index contributed by atoms with van der Waals surface area (Å²) in [7, 11) is 0. The van der Waals surface area contributed by atoms with Gasteiger partial charge in [0.25, 0.3) is 5.69 Å². The Labute approximate surface area is 103 Å². The average Bonchev–Trinajstić information content (AvgIpc) is 2.36. The van der Waals surface area contributed by atoms with Crippen molar-refractivity contribution in [2.75, 3.05) is 30.9 Å². The van der Waals surface area contributed by atoms with Crippen LogP contribution in [-0.2, 0) is 0 Å². The average molecular weight is 257 g/mol. The zero-order chi connectivity index (χ0) is 13.8. The van der Waals surface area contributed by atoms with Crippen LogP contribution in [0.1, 0.15) is 0 Å². The Balaban J connectivity index is 2.98. The Hall–Kier alpha value is -1.90. The number of benzene rings is 1. The molecule has 0 aliphatic heterocycles. The maximum atomic E-state index is 10.6. The van der Waals surface area contributed by atoms with Crippen molar-refractivity contribution < 1.29 is 20.2 Å². The minimum absolute atomic E-state index is 0.0484. The molecular weight excluding hydrogens is 242 g/mol. The smallest absolute Gasteiger partial charge is 0.292 e. The standard InChI is InChI=1S/C10H15N3O5/c11-8-3-7(1-2-9(8)13(17)18)12-10(4-14,5-15)6-16/h1-3,12,14-16H,4-6,11H2. The predicted octanol–water partition coefficient (Wildman–Crippen LogP) is -0.695. The Bertz CT molecular complexity index is 425. The maximum Gasteiger partial charge on any atom is 0.292 e. The molecule has 0 radical (unpaired) electrons. The monoisotopic (exact) mass is 257 g/mol. The van der Waals surface area contributed by atoms with Crippen LogP contribution in [0.4, 0.5) is 17.1 Å². The number of hydrogen-bond donors (Lipinski definition) is 5. The van der Waals surface area contributed by atoms with Crippen LogP contribution in [0.3, 0.4) is 0 Å². The molecule has 8 heteroatoms. The van der Waals surface area contributed by atoms with Gasteiger partial charge in [-0.1, -0.05) is 0 Å². The van der Waals surface area contributed by atoms with Gasteiger partial charge in [0.2, 0.25) is 0 Å². The Morgan fingerprint density at radius 3 is 2.22 bits per heavy atom. The number of nitrogens with two attached hydrogens (primary N) is 1. The van der Waals surface area contributed by atoms with Gasteiger partial charge in [0.05, 0.1) is 24.7 Å². The summed E-state index contributed by atoms with van der Waals surface area (Å²) < 4.78 is 0. The molecule has 6 N–H and O–H groups in total. The molecule has 0 aromatic heterocycles. The van der Waals surface area contributed by atoms with Crippen LogP contribution in [0.2, 0.25) is 0 Å². The van der Waals surface area contributed by atoms with E-state index in [1.165, 1.54) is 18.2 Å². The SMILES string of the molecule is Nc1cc(NC(CO)(CO)CO)ccc1[N+](=O)[O-]. The molecule has 0 amide bonds. The number of hydrogen-bond acceptors (Lipinski definition) is 7. The molecule has 0 aliphatic carbocycles. The quantitative estimate of drug-likeness (QED) is 0.258. The van der Waals surface area contributed by atoms with Gasteiger partial charge in [0.15, 0.2) is 0 Å². The van der Waals surface area contributed by atoms with E-state index in [1.54, 1.807) is 0 Å². The highest BCUT2D eigenvalue weighted by Gasteiger charge is 2.28. The van der Waals surface area contributed by atoms with E-state index >= 15 is 0 Å². The third kappa shape index (κ3) is 2.86. The first-order valence-electron chi connectivity index (χ1n) is 5.12. The molecule has 0 heterocycles. The second-order valence-corrected chi connectivity index (χ2v) is 3.91. The summed E-state index contributed by atoms with van der Waals surface area (Å²) in [5.74, 6) is 0. The lowest BCUT2D eigenvalue weighted by molar-refractivity contribution is -0.383. The van der Waals surface area contributed by atoms with Gasteiger partial charge in [0.1, 0.15) is 11.2 Å². The number of anilines is 2. The lowest BCUT2D eigenvalue weighted by Gasteiger charge is -2.29. The second-order valence-electron chi connectivity index (χ2n) is 3.91. The fourth-order valence-corrected chi connectivity index (χ4v) is 1.37. The third-order valence-corrected chi connectivity index (χ3v) is 2.54. The molecule has 1 aromatic carbocycles. The normalized spacial score (nSPS) is 11.3. The Morgan fingerprint density at radius 1 is 1.28 bits per heavy atom. The van der Waals surface area contributed by atoms with Crippen LogP contribution in [0, 0.1) is 10.1 Å². The minimum Gasteiger partial charge on any atom is -0.394 e. The molecule has 8 nitrogen and oxygen atoms in total. The van der Waals surface area contributed by atoms with Crippen LogP contribution in [0.15, 0.2) is 18.2 Å². The zero-order valence-corrected chi connectivity index (χ0v) is 9.54. The lowest BCUT2D eigenvalue weighted by Crippen LogP contribution is -2.49. The van der Waals surface area contributed by atoms with Crippen LogP contribution in [-0.4, -0.2) is 45.6 Å². The van der Waals surface area contributed by atoms with E-state index in [-0.39, 0.29) is 11.4 Å². The topological polar surface area (TPSA) is 142 Å². The maximum absolute atomic E-state index is 10.6. The van der Waals surface area contributed by atoms with Gasteiger partial charge in [-0.15, -0.1) is 0 Å². The summed E-state index contributed by atoms with van der Waals surface area (Å²) in [6, 6.07) is 3.88. The lowest BCUT2D eigenvalue weighted by atomic mass is 10.0. The molecule has 0 fully saturated rings. The fraction of sp³-hybridized carbons (Fsp3) is 0.400. The van der Waals surface area contributed by atoms with Crippen LogP contribution in [0.5, 0.6) is 0 Å². The number of aliphatic hydroxyl groups excluding tert-OH is 3. The van der Waals surface area contributed by atoms with Gasteiger partial charge in [-0.2, -0.15) is 0 Å². The summed E-state index contributed by atoms with van der Waals surface area (Å²) in [5, 5.41) is 40.7. The number of aliphatic hydroxyl groups is 3. The summed E-state index contributed by atoms with van der Waals surface area (Å²) in [5.41, 5.74) is 4.27. The van der Waals surface area contributed by atoms with Crippen LogP contribution in [0.25, 0.3) is 0 Å². The number of nitro groups is 1. The van der Waals surface area contributed by atoms with Gasteiger partial charge in [-0.3, -0.25) is 10.1 Å². The Morgan fingerprint density at radius 2 is 1.83 bits per heavy atom. The van der Waals surface area contributed by atoms with E-state index in [1.807, 2.05) is 0 Å². The molecule has 0 aliphatic rings. The van der Waals surface area contributed by atoms with E-state index in [4.69, 9.17) is 21.1 Å². The van der Waals surface area contributed by atoms with Crippen molar-refractivity contribution in [3.8, 4) is 0 Å². The number of rotatable bonds is 6. The van der Waals surface area contributed by atoms with E-state index < -0.39 is 30.3 Å². The molecule has 0 bridgehead atoms. The molecule has 0 unspecified atom stereocenters. The largest absolute Gasteiger partial charge is 0.394 e. The molecule has 100 valence electrons. The molecule has 0 atom stereocenters. The van der Waals surface area contributed by atoms with Crippen LogP contribution >= 0.6 is 0 Å². The number of nitrogens with one attached hydrogen (secondary N) is 1. The van der Waals surface area contributed by atoms with E-state index in [9.17, 15) is 10.1 Å². The first kappa shape index (κ1) is 14.2. The molecule has 1 aromatic rings. The van der Waals surface area contributed by atoms with E-state index in [2.05, 4.69) is 5.32 Å². The fourth-order valence-electron chi connectivity index (χ4n) is 1.37. The minimum atomic E-state index is -1.30. The van der Waals surface area contributed by atoms with Crippen molar-refractivity contribution in [3.05, 3.63) is 28.3 Å². The molecule has 0 spiro atoms. The summed E-state index contributed by atoms with van der Waals surface area (Å²) in [6.45, 7) is -1.51. The highest BCUT2D eigenvalue weighted by Crippen LogP contribution is 2.26. The van der Waals surface area contributed by atoms with Crippen molar-refractivity contribution in [2.24, 2.45) is 0 Å². The molecule has 0 saturated carbocycles. The molecule has 18 heavy (non-hydrogen) atoms. The van der Waals surface area contributed by atoms with E-state index in [0.717, 1.165) is 0 Å². The molecule has 0 saturated heterocycles. The van der Waals surface area contributed by atoms with E-state index in [0.29, 0.717) is 5.69 Å². The second kappa shape index (κ2) is 5.63. The highest BCUT2D eigenvalue weighted by molar-refractivity contribution is 5.66.